The topological polar surface area (TPSA) is 73.4 Å². The lowest BCUT2D eigenvalue weighted by Gasteiger charge is -2.21. The molecule has 2 aromatic heterocycles. The van der Waals surface area contributed by atoms with E-state index in [2.05, 4.69) is 10.2 Å². The smallest absolute Gasteiger partial charge is 0.240 e. The predicted molar refractivity (Wildman–Crippen MR) is 125 cm³/mol. The first-order chi connectivity index (χ1) is 15.6. The molecule has 1 atom stereocenters. The van der Waals surface area contributed by atoms with Crippen molar-refractivity contribution in [3.8, 4) is 17.1 Å². The summed E-state index contributed by atoms with van der Waals surface area (Å²) in [5.74, 6) is 2.17. The van der Waals surface area contributed by atoms with Crippen LogP contribution in [-0.2, 0) is 11.3 Å². The Labute approximate surface area is 191 Å². The normalized spacial score (nSPS) is 11.8. The average molecular weight is 449 g/mol. The fourth-order valence-electron chi connectivity index (χ4n) is 3.31. The fourth-order valence-corrected chi connectivity index (χ4v) is 4.25. The van der Waals surface area contributed by atoms with E-state index >= 15 is 0 Å². The number of methoxy groups -OCH3 is 1. The van der Waals surface area contributed by atoms with Gasteiger partial charge in [-0.05, 0) is 43.3 Å². The van der Waals surface area contributed by atoms with Gasteiger partial charge in [0.1, 0.15) is 11.5 Å². The van der Waals surface area contributed by atoms with E-state index in [-0.39, 0.29) is 11.2 Å². The van der Waals surface area contributed by atoms with Crippen LogP contribution in [0.15, 0.2) is 82.6 Å². The Kier molecular flexibility index (Phi) is 6.61. The first kappa shape index (κ1) is 21.7. The molecule has 2 aromatic carbocycles. The third-order valence-corrected chi connectivity index (χ3v) is 6.11. The van der Waals surface area contributed by atoms with Crippen molar-refractivity contribution in [2.45, 2.75) is 23.9 Å². The van der Waals surface area contributed by atoms with Gasteiger partial charge in [-0.3, -0.25) is 9.36 Å². The third kappa shape index (κ3) is 4.70. The van der Waals surface area contributed by atoms with Crippen LogP contribution in [0.5, 0.6) is 5.75 Å². The summed E-state index contributed by atoms with van der Waals surface area (Å²) < 4.78 is 12.9. The molecule has 2 heterocycles. The number of para-hydroxylation sites is 1. The summed E-state index contributed by atoms with van der Waals surface area (Å²) in [5, 5.41) is 9.11. The van der Waals surface area contributed by atoms with Crippen molar-refractivity contribution in [2.75, 3.05) is 19.1 Å². The summed E-state index contributed by atoms with van der Waals surface area (Å²) in [5.41, 5.74) is 1.72. The van der Waals surface area contributed by atoms with Gasteiger partial charge < -0.3 is 14.1 Å². The summed E-state index contributed by atoms with van der Waals surface area (Å²) in [7, 11) is 3.41. The molecule has 32 heavy (non-hydrogen) atoms. The minimum atomic E-state index is -0.363. The average Bonchev–Trinajstić information content (AvgIpc) is 3.49. The van der Waals surface area contributed by atoms with E-state index in [0.29, 0.717) is 17.5 Å². The van der Waals surface area contributed by atoms with Crippen LogP contribution in [0.25, 0.3) is 11.4 Å². The summed E-state index contributed by atoms with van der Waals surface area (Å²) in [6.45, 7) is 2.33. The van der Waals surface area contributed by atoms with E-state index in [4.69, 9.17) is 9.15 Å². The van der Waals surface area contributed by atoms with Crippen LogP contribution in [0.4, 0.5) is 5.69 Å². The number of aromatic nitrogens is 3. The van der Waals surface area contributed by atoms with Crippen molar-refractivity contribution in [2.24, 2.45) is 0 Å². The van der Waals surface area contributed by atoms with E-state index in [1.54, 1.807) is 25.3 Å². The second-order valence-electron chi connectivity index (χ2n) is 7.20. The summed E-state index contributed by atoms with van der Waals surface area (Å²) >= 11 is 1.37. The molecule has 0 radical (unpaired) electrons. The second kappa shape index (κ2) is 9.74. The minimum Gasteiger partial charge on any atom is -0.497 e. The maximum absolute atomic E-state index is 13.0. The maximum atomic E-state index is 13.0. The van der Waals surface area contributed by atoms with Gasteiger partial charge in [0, 0.05) is 18.3 Å². The van der Waals surface area contributed by atoms with Crippen LogP contribution < -0.4 is 9.64 Å². The zero-order valence-electron chi connectivity index (χ0n) is 18.1. The van der Waals surface area contributed by atoms with Gasteiger partial charge in [-0.25, -0.2) is 0 Å². The number of hydrogen-bond acceptors (Lipinski definition) is 6. The molecule has 4 rings (SSSR count). The van der Waals surface area contributed by atoms with E-state index < -0.39 is 0 Å². The molecule has 1 amide bonds. The Morgan fingerprint density at radius 1 is 1.12 bits per heavy atom. The molecule has 0 bridgehead atoms. The minimum absolute atomic E-state index is 0.0170. The summed E-state index contributed by atoms with van der Waals surface area (Å²) in [4.78, 5) is 14.7. The quantitative estimate of drug-likeness (QED) is 0.363. The van der Waals surface area contributed by atoms with Crippen molar-refractivity contribution in [3.63, 3.8) is 0 Å². The Balaban J connectivity index is 1.63. The number of nitrogens with zero attached hydrogens (tertiary/aromatic N) is 4. The number of rotatable bonds is 8. The number of carbonyl (C=O) groups is 1. The zero-order valence-corrected chi connectivity index (χ0v) is 19.0. The molecule has 0 saturated heterocycles. The second-order valence-corrected chi connectivity index (χ2v) is 8.50. The Morgan fingerprint density at radius 2 is 1.94 bits per heavy atom. The third-order valence-electron chi connectivity index (χ3n) is 5.04. The van der Waals surface area contributed by atoms with Gasteiger partial charge in [0.05, 0.1) is 25.2 Å². The fraction of sp³-hybridized carbons (Fsp3) is 0.208. The molecule has 0 aliphatic carbocycles. The summed E-state index contributed by atoms with van der Waals surface area (Å²) in [6.07, 6.45) is 1.64. The number of furan rings is 1. The molecule has 0 N–H and O–H groups in total. The Hall–Kier alpha value is -3.52. The number of benzene rings is 2. The predicted octanol–water partition coefficient (Wildman–Crippen LogP) is 4.74. The van der Waals surface area contributed by atoms with Gasteiger partial charge in [0.15, 0.2) is 11.0 Å². The van der Waals surface area contributed by atoms with Gasteiger partial charge in [-0.1, -0.05) is 42.1 Å². The molecule has 1 unspecified atom stereocenters. The number of ether oxygens (including phenoxy) is 1. The van der Waals surface area contributed by atoms with Gasteiger partial charge in [-0.2, -0.15) is 0 Å². The highest BCUT2D eigenvalue weighted by atomic mass is 32.2. The lowest BCUT2D eigenvalue weighted by molar-refractivity contribution is -0.117. The Bertz CT molecular complexity index is 1180. The number of amides is 1. The highest BCUT2D eigenvalue weighted by molar-refractivity contribution is 8.00. The van der Waals surface area contributed by atoms with Crippen LogP contribution in [0.3, 0.4) is 0 Å². The monoisotopic (exact) mass is 448 g/mol. The van der Waals surface area contributed by atoms with Gasteiger partial charge in [0.2, 0.25) is 5.91 Å². The van der Waals surface area contributed by atoms with Crippen LogP contribution in [0.2, 0.25) is 0 Å². The largest absolute Gasteiger partial charge is 0.497 e. The van der Waals surface area contributed by atoms with E-state index in [1.165, 1.54) is 11.8 Å². The standard InChI is InChI=1S/C24H24N4O3S/c1-17(23(29)27(2)19-10-5-4-6-11-19)32-24-26-25-22(18-9-7-12-20(15-18)30-3)28(24)16-21-13-8-14-31-21/h4-15,17H,16H2,1-3H3. The Morgan fingerprint density at radius 3 is 2.66 bits per heavy atom. The van der Waals surface area contributed by atoms with Crippen molar-refractivity contribution in [3.05, 3.63) is 78.8 Å². The lowest BCUT2D eigenvalue weighted by atomic mass is 10.2. The van der Waals surface area contributed by atoms with Crippen LogP contribution >= 0.6 is 11.8 Å². The molecule has 8 heteroatoms. The number of hydrogen-bond donors (Lipinski definition) is 0. The SMILES string of the molecule is COc1cccc(-c2nnc(SC(C)C(=O)N(C)c3ccccc3)n2Cc2ccco2)c1. The molecule has 0 aliphatic rings. The van der Waals surface area contributed by atoms with Crippen LogP contribution in [-0.4, -0.2) is 40.1 Å². The van der Waals surface area contributed by atoms with Gasteiger partial charge in [0.25, 0.3) is 0 Å². The number of thioether (sulfide) groups is 1. The molecule has 7 nitrogen and oxygen atoms in total. The number of anilines is 1. The highest BCUT2D eigenvalue weighted by Crippen LogP contribution is 2.30. The van der Waals surface area contributed by atoms with Crippen LogP contribution in [0, 0.1) is 0 Å². The molecule has 164 valence electrons. The van der Waals surface area contributed by atoms with Gasteiger partial charge in [-0.15, -0.1) is 10.2 Å². The van der Waals surface area contributed by atoms with Gasteiger partial charge >= 0.3 is 0 Å². The van der Waals surface area contributed by atoms with Crippen LogP contribution in [0.1, 0.15) is 12.7 Å². The maximum Gasteiger partial charge on any atom is 0.240 e. The molecule has 0 saturated carbocycles. The van der Waals surface area contributed by atoms with Crippen molar-refractivity contribution >= 4 is 23.4 Å². The molecule has 0 fully saturated rings. The van der Waals surface area contributed by atoms with E-state index in [1.807, 2.05) is 78.2 Å². The number of carbonyl (C=O) groups excluding carboxylic acids is 1. The summed E-state index contributed by atoms with van der Waals surface area (Å²) in [6, 6.07) is 21.0. The molecular formula is C24H24N4O3S. The first-order valence-electron chi connectivity index (χ1n) is 10.2. The first-order valence-corrected chi connectivity index (χ1v) is 11.0. The molecule has 0 spiro atoms. The highest BCUT2D eigenvalue weighted by Gasteiger charge is 2.24. The van der Waals surface area contributed by atoms with E-state index in [0.717, 1.165) is 22.8 Å². The molecule has 0 aliphatic heterocycles. The molecule has 4 aromatic rings. The van der Waals surface area contributed by atoms with Crippen molar-refractivity contribution < 1.29 is 13.9 Å². The molecular weight excluding hydrogens is 424 g/mol. The zero-order chi connectivity index (χ0) is 22.5. The van der Waals surface area contributed by atoms with Crippen molar-refractivity contribution in [1.82, 2.24) is 14.8 Å². The lowest BCUT2D eigenvalue weighted by Crippen LogP contribution is -2.33. The van der Waals surface area contributed by atoms with Crippen molar-refractivity contribution in [1.29, 1.82) is 0 Å². The van der Waals surface area contributed by atoms with E-state index in [9.17, 15) is 4.79 Å².